The molecule has 3 rings (SSSR count). The Bertz CT molecular complexity index is 680. The summed E-state index contributed by atoms with van der Waals surface area (Å²) in [7, 11) is 0. The summed E-state index contributed by atoms with van der Waals surface area (Å²) in [5.41, 5.74) is 2.38. The third-order valence-electron chi connectivity index (χ3n) is 4.64. The number of rotatable bonds is 5. The number of aryl methyl sites for hydroxylation is 2. The Morgan fingerprint density at radius 3 is 2.50 bits per heavy atom. The average Bonchev–Trinajstić information content (AvgIpc) is 3.18. The van der Waals surface area contributed by atoms with Crippen LogP contribution in [-0.2, 0) is 4.79 Å². The molecule has 24 heavy (non-hydrogen) atoms. The van der Waals surface area contributed by atoms with Crippen LogP contribution in [0.4, 0.5) is 5.69 Å². The second-order valence-electron chi connectivity index (χ2n) is 6.50. The van der Waals surface area contributed by atoms with Gasteiger partial charge in [0.25, 0.3) is 0 Å². The standard InChI is InChI=1S/C19H24N2O3/c1-12(18-13(2)21-24-14(18)3)19(22)20-15-8-10-17(11-9-15)23-16-6-4-5-7-16/h8-12,16H,4-7H2,1-3H3,(H,20,22). The molecule has 0 aliphatic heterocycles. The molecular formula is C19H24N2O3. The lowest BCUT2D eigenvalue weighted by atomic mass is 9.98. The Kier molecular flexibility index (Phi) is 4.88. The molecule has 5 heteroatoms. The summed E-state index contributed by atoms with van der Waals surface area (Å²) < 4.78 is 11.1. The molecule has 1 atom stereocenters. The molecule has 5 nitrogen and oxygen atoms in total. The zero-order chi connectivity index (χ0) is 17.1. The SMILES string of the molecule is Cc1noc(C)c1C(C)C(=O)Nc1ccc(OC2CCCC2)cc1. The number of nitrogens with one attached hydrogen (secondary N) is 1. The van der Waals surface area contributed by atoms with Crippen molar-refractivity contribution in [2.45, 2.75) is 58.5 Å². The van der Waals surface area contributed by atoms with Crippen LogP contribution in [0.15, 0.2) is 28.8 Å². The second-order valence-corrected chi connectivity index (χ2v) is 6.50. The highest BCUT2D eigenvalue weighted by molar-refractivity contribution is 5.95. The third-order valence-corrected chi connectivity index (χ3v) is 4.64. The number of carbonyl (C=O) groups is 1. The summed E-state index contributed by atoms with van der Waals surface area (Å²) in [5, 5.41) is 6.86. The normalized spacial score (nSPS) is 16.1. The molecule has 2 aromatic rings. The van der Waals surface area contributed by atoms with E-state index in [0.717, 1.165) is 35.5 Å². The first-order chi connectivity index (χ1) is 11.5. The van der Waals surface area contributed by atoms with Crippen LogP contribution in [0.2, 0.25) is 0 Å². The molecule has 1 unspecified atom stereocenters. The molecule has 0 saturated heterocycles. The third kappa shape index (κ3) is 3.61. The number of benzene rings is 1. The van der Waals surface area contributed by atoms with Crippen molar-refractivity contribution in [3.05, 3.63) is 41.3 Å². The number of nitrogens with zero attached hydrogens (tertiary/aromatic N) is 1. The van der Waals surface area contributed by atoms with Crippen molar-refractivity contribution in [3.8, 4) is 5.75 Å². The molecule has 128 valence electrons. The van der Waals surface area contributed by atoms with Crippen LogP contribution in [0, 0.1) is 13.8 Å². The van der Waals surface area contributed by atoms with E-state index in [9.17, 15) is 4.79 Å². The lowest BCUT2D eigenvalue weighted by Crippen LogP contribution is -2.19. The molecule has 1 aromatic heterocycles. The van der Waals surface area contributed by atoms with Gasteiger partial charge in [-0.25, -0.2) is 0 Å². The van der Waals surface area contributed by atoms with Crippen molar-refractivity contribution in [3.63, 3.8) is 0 Å². The molecule has 0 spiro atoms. The second kappa shape index (κ2) is 7.07. The first-order valence-electron chi connectivity index (χ1n) is 8.55. The lowest BCUT2D eigenvalue weighted by Gasteiger charge is -2.15. The molecule has 1 aliphatic carbocycles. The van der Waals surface area contributed by atoms with Crippen molar-refractivity contribution in [1.29, 1.82) is 0 Å². The highest BCUT2D eigenvalue weighted by Crippen LogP contribution is 2.27. The molecule has 1 saturated carbocycles. The Labute approximate surface area is 142 Å². The van der Waals surface area contributed by atoms with Gasteiger partial charge < -0.3 is 14.6 Å². The number of ether oxygens (including phenoxy) is 1. The van der Waals surface area contributed by atoms with Gasteiger partial charge in [0.05, 0.1) is 17.7 Å². The first-order valence-corrected chi connectivity index (χ1v) is 8.55. The molecule has 1 aliphatic rings. The summed E-state index contributed by atoms with van der Waals surface area (Å²) in [5.74, 6) is 1.16. The number of hydrogen-bond acceptors (Lipinski definition) is 4. The molecule has 1 fully saturated rings. The number of hydrogen-bond donors (Lipinski definition) is 1. The number of carbonyl (C=O) groups excluding carboxylic acids is 1. The minimum absolute atomic E-state index is 0.0751. The van der Waals surface area contributed by atoms with Gasteiger partial charge in [-0.05, 0) is 70.7 Å². The average molecular weight is 328 g/mol. The summed E-state index contributed by atoms with van der Waals surface area (Å²) in [6.07, 6.45) is 5.10. The maximum absolute atomic E-state index is 12.5. The molecule has 0 bridgehead atoms. The number of aromatic nitrogens is 1. The summed E-state index contributed by atoms with van der Waals surface area (Å²) in [6, 6.07) is 7.58. The van der Waals surface area contributed by atoms with E-state index in [0.29, 0.717) is 11.9 Å². The Balaban J connectivity index is 1.61. The lowest BCUT2D eigenvalue weighted by molar-refractivity contribution is -0.117. The van der Waals surface area contributed by atoms with Crippen LogP contribution in [0.5, 0.6) is 5.75 Å². The zero-order valence-electron chi connectivity index (χ0n) is 14.5. The maximum atomic E-state index is 12.5. The van der Waals surface area contributed by atoms with E-state index < -0.39 is 0 Å². The van der Waals surface area contributed by atoms with Crippen LogP contribution in [0.3, 0.4) is 0 Å². The van der Waals surface area contributed by atoms with Crippen LogP contribution in [0.1, 0.15) is 55.5 Å². The van der Waals surface area contributed by atoms with E-state index in [1.165, 1.54) is 12.8 Å². The predicted molar refractivity (Wildman–Crippen MR) is 92.3 cm³/mol. The molecule has 1 amide bonds. The van der Waals surface area contributed by atoms with Crippen LogP contribution >= 0.6 is 0 Å². The maximum Gasteiger partial charge on any atom is 0.231 e. The summed E-state index contributed by atoms with van der Waals surface area (Å²) in [6.45, 7) is 5.54. The van der Waals surface area contributed by atoms with E-state index in [1.54, 1.807) is 0 Å². The van der Waals surface area contributed by atoms with E-state index in [2.05, 4.69) is 10.5 Å². The van der Waals surface area contributed by atoms with Gasteiger partial charge in [-0.15, -0.1) is 0 Å². The quantitative estimate of drug-likeness (QED) is 0.886. The molecule has 1 N–H and O–H groups in total. The van der Waals surface area contributed by atoms with Crippen molar-refractivity contribution < 1.29 is 14.1 Å². The van der Waals surface area contributed by atoms with Gasteiger partial charge in [0, 0.05) is 11.3 Å². The van der Waals surface area contributed by atoms with Gasteiger partial charge in [-0.2, -0.15) is 0 Å². The van der Waals surface area contributed by atoms with Gasteiger partial charge in [0.1, 0.15) is 11.5 Å². The van der Waals surface area contributed by atoms with E-state index in [-0.39, 0.29) is 11.8 Å². The van der Waals surface area contributed by atoms with Crippen molar-refractivity contribution >= 4 is 11.6 Å². The minimum atomic E-state index is -0.314. The molecule has 1 heterocycles. The topological polar surface area (TPSA) is 64.4 Å². The highest BCUT2D eigenvalue weighted by Gasteiger charge is 2.23. The van der Waals surface area contributed by atoms with Gasteiger partial charge >= 0.3 is 0 Å². The van der Waals surface area contributed by atoms with E-state index in [1.807, 2.05) is 45.0 Å². The summed E-state index contributed by atoms with van der Waals surface area (Å²) >= 11 is 0. The summed E-state index contributed by atoms with van der Waals surface area (Å²) in [4.78, 5) is 12.5. The monoisotopic (exact) mass is 328 g/mol. The van der Waals surface area contributed by atoms with Crippen molar-refractivity contribution in [2.75, 3.05) is 5.32 Å². The largest absolute Gasteiger partial charge is 0.490 e. The van der Waals surface area contributed by atoms with Gasteiger partial charge in [-0.1, -0.05) is 5.16 Å². The fraction of sp³-hybridized carbons (Fsp3) is 0.474. The van der Waals surface area contributed by atoms with Crippen LogP contribution in [-0.4, -0.2) is 17.2 Å². The van der Waals surface area contributed by atoms with Crippen molar-refractivity contribution in [1.82, 2.24) is 5.16 Å². The first kappa shape index (κ1) is 16.6. The predicted octanol–water partition coefficient (Wildman–Crippen LogP) is 4.36. The Hall–Kier alpha value is -2.30. The minimum Gasteiger partial charge on any atom is -0.490 e. The smallest absolute Gasteiger partial charge is 0.231 e. The van der Waals surface area contributed by atoms with Gasteiger partial charge in [0.2, 0.25) is 5.91 Å². The van der Waals surface area contributed by atoms with Crippen molar-refractivity contribution in [2.24, 2.45) is 0 Å². The molecule has 1 aromatic carbocycles. The van der Waals surface area contributed by atoms with E-state index >= 15 is 0 Å². The Morgan fingerprint density at radius 2 is 1.92 bits per heavy atom. The molecule has 0 radical (unpaired) electrons. The fourth-order valence-corrected chi connectivity index (χ4v) is 3.31. The fourth-order valence-electron chi connectivity index (χ4n) is 3.31. The zero-order valence-corrected chi connectivity index (χ0v) is 14.5. The number of amides is 1. The van der Waals surface area contributed by atoms with E-state index in [4.69, 9.17) is 9.26 Å². The number of anilines is 1. The van der Waals surface area contributed by atoms with Gasteiger partial charge in [-0.3, -0.25) is 4.79 Å². The Morgan fingerprint density at radius 1 is 1.25 bits per heavy atom. The van der Waals surface area contributed by atoms with Crippen LogP contribution in [0.25, 0.3) is 0 Å². The molecular weight excluding hydrogens is 304 g/mol. The van der Waals surface area contributed by atoms with Crippen LogP contribution < -0.4 is 10.1 Å². The van der Waals surface area contributed by atoms with Gasteiger partial charge in [0.15, 0.2) is 0 Å². The highest BCUT2D eigenvalue weighted by atomic mass is 16.5.